The molecule has 0 heterocycles. The molecule has 0 saturated carbocycles. The van der Waals surface area contributed by atoms with E-state index in [0.717, 1.165) is 5.56 Å². The van der Waals surface area contributed by atoms with Crippen molar-refractivity contribution in [3.05, 3.63) is 35.9 Å². The van der Waals surface area contributed by atoms with Crippen LogP contribution in [0.1, 0.15) is 5.56 Å². The van der Waals surface area contributed by atoms with Crippen molar-refractivity contribution >= 4 is 8.07 Å². The Labute approximate surface area is 87.4 Å². The molecule has 0 aliphatic heterocycles. The predicted molar refractivity (Wildman–Crippen MR) is 64.4 cm³/mol. The third-order valence-corrected chi connectivity index (χ3v) is 2.36. The fourth-order valence-corrected chi connectivity index (χ4v) is 1.28. The standard InChI is InChI=1S/C13H14Si/c1-14(2,3)12-8-7-11-13-9-5-4-6-10-13/h4-6,9-10H,1-3H3. The fraction of sp³-hybridized carbons (Fsp3) is 0.231. The number of benzene rings is 1. The molecule has 0 aliphatic rings. The lowest BCUT2D eigenvalue weighted by Crippen LogP contribution is -2.16. The summed E-state index contributed by atoms with van der Waals surface area (Å²) in [5.74, 6) is 8.82. The molecule has 0 unspecified atom stereocenters. The van der Waals surface area contributed by atoms with E-state index in [1.54, 1.807) is 0 Å². The van der Waals surface area contributed by atoms with E-state index in [1.807, 2.05) is 30.3 Å². The second-order valence-electron chi connectivity index (χ2n) is 4.12. The minimum Gasteiger partial charge on any atom is -0.118 e. The van der Waals surface area contributed by atoms with E-state index in [0.29, 0.717) is 0 Å². The predicted octanol–water partition coefficient (Wildman–Crippen LogP) is 2.92. The Morgan fingerprint density at radius 1 is 0.929 bits per heavy atom. The maximum atomic E-state index is 3.21. The fourth-order valence-electron chi connectivity index (χ4n) is 0.844. The van der Waals surface area contributed by atoms with Crippen LogP contribution >= 0.6 is 0 Å². The molecule has 0 bridgehead atoms. The van der Waals surface area contributed by atoms with Crippen LogP contribution in [0, 0.1) is 23.3 Å². The molecule has 0 spiro atoms. The summed E-state index contributed by atoms with van der Waals surface area (Å²) in [5.41, 5.74) is 4.23. The van der Waals surface area contributed by atoms with Crippen LogP contribution in [0.15, 0.2) is 30.3 Å². The summed E-state index contributed by atoms with van der Waals surface area (Å²) in [5, 5.41) is 0. The highest BCUT2D eigenvalue weighted by atomic mass is 28.3. The van der Waals surface area contributed by atoms with Gasteiger partial charge in [-0.25, -0.2) is 0 Å². The van der Waals surface area contributed by atoms with E-state index in [-0.39, 0.29) is 0 Å². The lowest BCUT2D eigenvalue weighted by atomic mass is 10.2. The van der Waals surface area contributed by atoms with Crippen molar-refractivity contribution < 1.29 is 0 Å². The largest absolute Gasteiger partial charge is 0.130 e. The van der Waals surface area contributed by atoms with Gasteiger partial charge in [0.05, 0.1) is 0 Å². The van der Waals surface area contributed by atoms with Gasteiger partial charge in [-0.1, -0.05) is 43.8 Å². The Morgan fingerprint density at radius 3 is 2.14 bits per heavy atom. The maximum Gasteiger partial charge on any atom is 0.130 e. The number of rotatable bonds is 0. The summed E-state index contributed by atoms with van der Waals surface area (Å²) in [6.07, 6.45) is 0. The molecule has 0 amide bonds. The van der Waals surface area contributed by atoms with Crippen LogP contribution in [-0.4, -0.2) is 8.07 Å². The summed E-state index contributed by atoms with van der Waals surface area (Å²) in [6, 6.07) is 9.93. The zero-order valence-electron chi connectivity index (χ0n) is 8.89. The van der Waals surface area contributed by atoms with Crippen LogP contribution in [0.2, 0.25) is 19.6 Å². The van der Waals surface area contributed by atoms with Gasteiger partial charge in [0.25, 0.3) is 0 Å². The highest BCUT2D eigenvalue weighted by Gasteiger charge is 2.06. The highest BCUT2D eigenvalue weighted by molar-refractivity contribution is 6.83. The smallest absolute Gasteiger partial charge is 0.118 e. The molecule has 1 rings (SSSR count). The number of hydrogen-bond donors (Lipinski definition) is 0. The molecular formula is C13H14Si. The Balaban J connectivity index is 2.70. The molecule has 1 aromatic carbocycles. The van der Waals surface area contributed by atoms with Crippen LogP contribution in [0.3, 0.4) is 0 Å². The van der Waals surface area contributed by atoms with Gasteiger partial charge >= 0.3 is 0 Å². The van der Waals surface area contributed by atoms with Gasteiger partial charge in [-0.15, -0.1) is 5.54 Å². The normalized spacial score (nSPS) is 9.36. The zero-order valence-corrected chi connectivity index (χ0v) is 9.89. The van der Waals surface area contributed by atoms with Gasteiger partial charge in [0.15, 0.2) is 0 Å². The Morgan fingerprint density at radius 2 is 1.57 bits per heavy atom. The molecule has 1 aromatic rings. The van der Waals surface area contributed by atoms with Crippen LogP contribution in [0.5, 0.6) is 0 Å². The molecule has 0 aliphatic carbocycles. The highest BCUT2D eigenvalue weighted by Crippen LogP contribution is 1.96. The van der Waals surface area contributed by atoms with Crippen LogP contribution in [0.4, 0.5) is 0 Å². The molecular weight excluding hydrogens is 184 g/mol. The van der Waals surface area contributed by atoms with E-state index in [1.165, 1.54) is 0 Å². The zero-order chi connectivity index (χ0) is 10.4. The van der Waals surface area contributed by atoms with Gasteiger partial charge in [0.1, 0.15) is 8.07 Å². The van der Waals surface area contributed by atoms with Gasteiger partial charge in [-0.05, 0) is 24.0 Å². The lowest BCUT2D eigenvalue weighted by molar-refractivity contribution is 1.65. The Kier molecular flexibility index (Phi) is 3.57. The minimum atomic E-state index is -1.26. The van der Waals surface area contributed by atoms with Crippen molar-refractivity contribution in [1.29, 1.82) is 0 Å². The molecule has 70 valence electrons. The van der Waals surface area contributed by atoms with Crippen molar-refractivity contribution in [1.82, 2.24) is 0 Å². The summed E-state index contributed by atoms with van der Waals surface area (Å²) in [4.78, 5) is 0. The maximum absolute atomic E-state index is 3.21. The quantitative estimate of drug-likeness (QED) is 0.444. The summed E-state index contributed by atoms with van der Waals surface area (Å²) < 4.78 is 0. The third-order valence-electron chi connectivity index (χ3n) is 1.48. The van der Waals surface area contributed by atoms with Crippen LogP contribution < -0.4 is 0 Å². The lowest BCUT2D eigenvalue weighted by Gasteiger charge is -2.01. The Bertz CT molecular complexity index is 402. The molecule has 0 nitrogen and oxygen atoms in total. The average molecular weight is 198 g/mol. The molecule has 0 aromatic heterocycles. The SMILES string of the molecule is C[Si](C)(C)C#CC#Cc1ccccc1. The van der Waals surface area contributed by atoms with Crippen LogP contribution in [-0.2, 0) is 0 Å². The van der Waals surface area contributed by atoms with Crippen molar-refractivity contribution in [2.75, 3.05) is 0 Å². The Hall–Kier alpha value is -1.44. The van der Waals surface area contributed by atoms with Crippen molar-refractivity contribution in [2.45, 2.75) is 19.6 Å². The van der Waals surface area contributed by atoms with Crippen molar-refractivity contribution in [3.8, 4) is 23.3 Å². The summed E-state index contributed by atoms with van der Waals surface area (Å²) in [6.45, 7) is 6.64. The van der Waals surface area contributed by atoms with Crippen LogP contribution in [0.25, 0.3) is 0 Å². The molecule has 0 radical (unpaired) electrons. The van der Waals surface area contributed by atoms with E-state index in [4.69, 9.17) is 0 Å². The van der Waals surface area contributed by atoms with Gasteiger partial charge in [0.2, 0.25) is 0 Å². The topological polar surface area (TPSA) is 0 Å². The van der Waals surface area contributed by atoms with E-state index < -0.39 is 8.07 Å². The first-order valence-corrected chi connectivity index (χ1v) is 8.16. The first kappa shape index (κ1) is 10.6. The average Bonchev–Trinajstić information content (AvgIpc) is 2.13. The first-order chi connectivity index (χ1) is 6.58. The molecule has 0 saturated heterocycles. The molecule has 0 atom stereocenters. The second kappa shape index (κ2) is 4.70. The van der Waals surface area contributed by atoms with E-state index >= 15 is 0 Å². The number of hydrogen-bond acceptors (Lipinski definition) is 0. The first-order valence-electron chi connectivity index (χ1n) is 4.66. The van der Waals surface area contributed by atoms with E-state index in [2.05, 4.69) is 42.9 Å². The van der Waals surface area contributed by atoms with Gasteiger partial charge in [0, 0.05) is 5.56 Å². The van der Waals surface area contributed by atoms with E-state index in [9.17, 15) is 0 Å². The van der Waals surface area contributed by atoms with Gasteiger partial charge in [-0.3, -0.25) is 0 Å². The van der Waals surface area contributed by atoms with Crippen molar-refractivity contribution in [3.63, 3.8) is 0 Å². The van der Waals surface area contributed by atoms with Gasteiger partial charge < -0.3 is 0 Å². The second-order valence-corrected chi connectivity index (χ2v) is 8.87. The summed E-state index contributed by atoms with van der Waals surface area (Å²) in [7, 11) is -1.26. The van der Waals surface area contributed by atoms with Gasteiger partial charge in [-0.2, -0.15) is 0 Å². The molecule has 0 fully saturated rings. The summed E-state index contributed by atoms with van der Waals surface area (Å²) >= 11 is 0. The molecule has 1 heteroatoms. The third kappa shape index (κ3) is 4.55. The van der Waals surface area contributed by atoms with Crippen molar-refractivity contribution in [2.24, 2.45) is 0 Å². The molecule has 0 N–H and O–H groups in total. The molecule has 14 heavy (non-hydrogen) atoms. The monoisotopic (exact) mass is 198 g/mol. The minimum absolute atomic E-state index is 1.03.